The first-order chi connectivity index (χ1) is 12.0. The second kappa shape index (κ2) is 8.87. The number of hydrogen-bond donors (Lipinski definition) is 2. The van der Waals surface area contributed by atoms with Gasteiger partial charge in [0, 0.05) is 17.8 Å². The van der Waals surface area contributed by atoms with Gasteiger partial charge in [-0.1, -0.05) is 31.5 Å². The molecule has 25 heavy (non-hydrogen) atoms. The van der Waals surface area contributed by atoms with E-state index in [1.807, 2.05) is 26.0 Å². The number of para-hydroxylation sites is 1. The first-order valence-corrected chi connectivity index (χ1v) is 8.40. The van der Waals surface area contributed by atoms with E-state index in [4.69, 9.17) is 4.74 Å². The monoisotopic (exact) mass is 340 g/mol. The quantitative estimate of drug-likeness (QED) is 0.786. The first kappa shape index (κ1) is 18.5. The minimum absolute atomic E-state index is 0.0225. The number of aryl methyl sites for hydroxylation is 1. The van der Waals surface area contributed by atoms with Gasteiger partial charge in [0.15, 0.2) is 0 Å². The Morgan fingerprint density at radius 1 is 1.04 bits per heavy atom. The summed E-state index contributed by atoms with van der Waals surface area (Å²) in [6.45, 7) is 3.94. The van der Waals surface area contributed by atoms with Gasteiger partial charge in [0.2, 0.25) is 5.91 Å². The first-order valence-electron chi connectivity index (χ1n) is 8.40. The zero-order valence-corrected chi connectivity index (χ0v) is 14.9. The molecule has 2 amide bonds. The third-order valence-corrected chi connectivity index (χ3v) is 3.82. The lowest BCUT2D eigenvalue weighted by atomic mass is 10.1. The molecular formula is C20H24N2O3. The number of rotatable bonds is 7. The van der Waals surface area contributed by atoms with Crippen molar-refractivity contribution in [2.45, 2.75) is 33.1 Å². The highest BCUT2D eigenvalue weighted by molar-refractivity contribution is 6.06. The topological polar surface area (TPSA) is 67.4 Å². The normalized spacial score (nSPS) is 10.2. The molecule has 132 valence electrons. The summed E-state index contributed by atoms with van der Waals surface area (Å²) in [5.41, 5.74) is 2.64. The number of ether oxygens (including phenoxy) is 1. The van der Waals surface area contributed by atoms with E-state index in [9.17, 15) is 9.59 Å². The Kier molecular flexibility index (Phi) is 6.57. The van der Waals surface area contributed by atoms with Crippen molar-refractivity contribution in [2.24, 2.45) is 0 Å². The van der Waals surface area contributed by atoms with E-state index in [0.29, 0.717) is 29.1 Å². The molecule has 0 radical (unpaired) electrons. The van der Waals surface area contributed by atoms with Crippen molar-refractivity contribution >= 4 is 23.2 Å². The smallest absolute Gasteiger partial charge is 0.259 e. The van der Waals surface area contributed by atoms with E-state index in [-0.39, 0.29) is 11.8 Å². The molecule has 2 N–H and O–H groups in total. The van der Waals surface area contributed by atoms with Crippen LogP contribution in [0.3, 0.4) is 0 Å². The van der Waals surface area contributed by atoms with Gasteiger partial charge in [0.25, 0.3) is 5.91 Å². The van der Waals surface area contributed by atoms with Crippen molar-refractivity contribution in [3.8, 4) is 5.75 Å². The summed E-state index contributed by atoms with van der Waals surface area (Å²) in [6, 6.07) is 12.5. The summed E-state index contributed by atoms with van der Waals surface area (Å²) in [6.07, 6.45) is 2.32. The van der Waals surface area contributed by atoms with Crippen LogP contribution in [0, 0.1) is 6.92 Å². The van der Waals surface area contributed by atoms with Crippen molar-refractivity contribution < 1.29 is 14.3 Å². The second-order valence-corrected chi connectivity index (χ2v) is 5.84. The van der Waals surface area contributed by atoms with Crippen molar-refractivity contribution in [1.82, 2.24) is 0 Å². The lowest BCUT2D eigenvalue weighted by molar-refractivity contribution is -0.116. The van der Waals surface area contributed by atoms with Gasteiger partial charge >= 0.3 is 0 Å². The number of carbonyl (C=O) groups excluding carboxylic acids is 2. The molecule has 0 aromatic heterocycles. The third kappa shape index (κ3) is 5.08. The van der Waals surface area contributed by atoms with Crippen molar-refractivity contribution in [3.05, 3.63) is 53.6 Å². The molecule has 0 atom stereocenters. The molecular weight excluding hydrogens is 316 g/mol. The van der Waals surface area contributed by atoms with E-state index in [1.54, 1.807) is 37.4 Å². The standard InChI is InChI=1S/C20H24N2O3/c1-4-5-12-18(23)21-15-9-7-10-16(13-15)22-20(24)17-11-6-8-14(2)19(17)25-3/h6-11,13H,4-5,12H2,1-3H3,(H,21,23)(H,22,24). The molecule has 5 nitrogen and oxygen atoms in total. The minimum atomic E-state index is -0.255. The molecule has 0 unspecified atom stereocenters. The van der Waals surface area contributed by atoms with Gasteiger partial charge in [-0.15, -0.1) is 0 Å². The summed E-state index contributed by atoms with van der Waals surface area (Å²) < 4.78 is 5.33. The van der Waals surface area contributed by atoms with Gasteiger partial charge in [-0.05, 0) is 43.2 Å². The van der Waals surface area contributed by atoms with E-state index in [2.05, 4.69) is 10.6 Å². The summed E-state index contributed by atoms with van der Waals surface area (Å²) in [7, 11) is 1.55. The minimum Gasteiger partial charge on any atom is -0.496 e. The van der Waals surface area contributed by atoms with Crippen LogP contribution in [0.2, 0.25) is 0 Å². The van der Waals surface area contributed by atoms with Crippen molar-refractivity contribution in [3.63, 3.8) is 0 Å². The molecule has 5 heteroatoms. The maximum absolute atomic E-state index is 12.5. The third-order valence-electron chi connectivity index (χ3n) is 3.82. The number of carbonyl (C=O) groups is 2. The van der Waals surface area contributed by atoms with Gasteiger partial charge in [-0.3, -0.25) is 9.59 Å². The lowest BCUT2D eigenvalue weighted by Gasteiger charge is -2.12. The van der Waals surface area contributed by atoms with Gasteiger partial charge in [-0.25, -0.2) is 0 Å². The number of methoxy groups -OCH3 is 1. The number of amides is 2. The maximum Gasteiger partial charge on any atom is 0.259 e. The number of nitrogens with one attached hydrogen (secondary N) is 2. The van der Waals surface area contributed by atoms with Crippen LogP contribution in [0.1, 0.15) is 42.1 Å². The summed E-state index contributed by atoms with van der Waals surface area (Å²) in [5, 5.41) is 5.69. The average molecular weight is 340 g/mol. The summed E-state index contributed by atoms with van der Waals surface area (Å²) >= 11 is 0. The second-order valence-electron chi connectivity index (χ2n) is 5.84. The number of hydrogen-bond acceptors (Lipinski definition) is 3. The summed E-state index contributed by atoms with van der Waals surface area (Å²) in [4.78, 5) is 24.4. The van der Waals surface area contributed by atoms with Crippen LogP contribution in [0.5, 0.6) is 5.75 Å². The molecule has 2 aromatic rings. The van der Waals surface area contributed by atoms with Crippen molar-refractivity contribution in [2.75, 3.05) is 17.7 Å². The van der Waals surface area contributed by atoms with Gasteiger partial charge in [0.05, 0.1) is 12.7 Å². The Bertz CT molecular complexity index is 756. The van der Waals surface area contributed by atoms with Crippen LogP contribution in [-0.4, -0.2) is 18.9 Å². The number of unbranched alkanes of at least 4 members (excludes halogenated alkanes) is 1. The SMILES string of the molecule is CCCCC(=O)Nc1cccc(NC(=O)c2cccc(C)c2OC)c1. The molecule has 0 saturated heterocycles. The fourth-order valence-electron chi connectivity index (χ4n) is 2.54. The predicted molar refractivity (Wildman–Crippen MR) is 100 cm³/mol. The molecule has 0 aliphatic heterocycles. The highest BCUT2D eigenvalue weighted by Crippen LogP contribution is 2.24. The Balaban J connectivity index is 2.10. The van der Waals surface area contributed by atoms with Gasteiger partial charge < -0.3 is 15.4 Å². The molecule has 0 aliphatic carbocycles. The van der Waals surface area contributed by atoms with E-state index < -0.39 is 0 Å². The molecule has 2 rings (SSSR count). The molecule has 0 saturated carbocycles. The number of benzene rings is 2. The highest BCUT2D eigenvalue weighted by Gasteiger charge is 2.14. The number of anilines is 2. The molecule has 2 aromatic carbocycles. The van der Waals surface area contributed by atoms with Crippen LogP contribution >= 0.6 is 0 Å². The Labute approximate surface area is 148 Å². The highest BCUT2D eigenvalue weighted by atomic mass is 16.5. The van der Waals surface area contributed by atoms with E-state index >= 15 is 0 Å². The van der Waals surface area contributed by atoms with Crippen LogP contribution in [0.4, 0.5) is 11.4 Å². The molecule has 0 aliphatic rings. The Morgan fingerprint density at radius 3 is 2.40 bits per heavy atom. The Morgan fingerprint density at radius 2 is 1.72 bits per heavy atom. The maximum atomic E-state index is 12.5. The fraction of sp³-hybridized carbons (Fsp3) is 0.300. The largest absolute Gasteiger partial charge is 0.496 e. The Hall–Kier alpha value is -2.82. The van der Waals surface area contributed by atoms with Crippen LogP contribution in [0.25, 0.3) is 0 Å². The van der Waals surface area contributed by atoms with Crippen LogP contribution < -0.4 is 15.4 Å². The molecule has 0 spiro atoms. The average Bonchev–Trinajstić information content (AvgIpc) is 2.60. The molecule has 0 fully saturated rings. The fourth-order valence-corrected chi connectivity index (χ4v) is 2.54. The zero-order valence-electron chi connectivity index (χ0n) is 14.9. The molecule has 0 heterocycles. The molecule has 0 bridgehead atoms. The van der Waals surface area contributed by atoms with Gasteiger partial charge in [0.1, 0.15) is 5.75 Å². The van der Waals surface area contributed by atoms with Crippen LogP contribution in [0.15, 0.2) is 42.5 Å². The van der Waals surface area contributed by atoms with E-state index in [1.165, 1.54) is 0 Å². The van der Waals surface area contributed by atoms with Gasteiger partial charge in [-0.2, -0.15) is 0 Å². The predicted octanol–water partition coefficient (Wildman–Crippen LogP) is 4.38. The van der Waals surface area contributed by atoms with Crippen molar-refractivity contribution in [1.29, 1.82) is 0 Å². The lowest BCUT2D eigenvalue weighted by Crippen LogP contribution is -2.14. The van der Waals surface area contributed by atoms with E-state index in [0.717, 1.165) is 18.4 Å². The zero-order chi connectivity index (χ0) is 18.2. The summed E-state index contributed by atoms with van der Waals surface area (Å²) in [5.74, 6) is 0.282. The van der Waals surface area contributed by atoms with Crippen LogP contribution in [-0.2, 0) is 4.79 Å².